The highest BCUT2D eigenvalue weighted by Gasteiger charge is 2.32. The van der Waals surface area contributed by atoms with Crippen LogP contribution in [-0.4, -0.2) is 56.6 Å². The molecular weight excluding hydrogens is 474 g/mol. The van der Waals surface area contributed by atoms with E-state index >= 15 is 0 Å². The van der Waals surface area contributed by atoms with Gasteiger partial charge in [-0.05, 0) is 49.8 Å². The molecule has 2 aromatic rings. The highest BCUT2D eigenvalue weighted by Crippen LogP contribution is 2.23. The smallest absolute Gasteiger partial charge is 0.244 e. The number of para-hydroxylation sites is 1. The lowest BCUT2D eigenvalue weighted by Gasteiger charge is -2.34. The minimum Gasteiger partial charge on any atom is -0.352 e. The zero-order chi connectivity index (χ0) is 26.1. The van der Waals surface area contributed by atoms with Crippen molar-refractivity contribution in [2.45, 2.75) is 70.9 Å². The number of hydrogen-bond acceptors (Lipinski definition) is 4. The summed E-state index contributed by atoms with van der Waals surface area (Å²) < 4.78 is 26.6. The molecular formula is C28H39N3O4S. The van der Waals surface area contributed by atoms with E-state index in [9.17, 15) is 18.0 Å². The van der Waals surface area contributed by atoms with Gasteiger partial charge in [-0.15, -0.1) is 0 Å². The first-order valence-corrected chi connectivity index (χ1v) is 14.7. The SMILES string of the molecule is CC[C@H](C(=O)NC1CCCCC1)N(CCc1ccccc1)C(=O)CN(c1ccccc1C)S(C)(=O)=O. The van der Waals surface area contributed by atoms with Crippen molar-refractivity contribution in [3.63, 3.8) is 0 Å². The first-order chi connectivity index (χ1) is 17.2. The fraction of sp³-hybridized carbons (Fsp3) is 0.500. The molecule has 8 heteroatoms. The number of hydrogen-bond donors (Lipinski definition) is 1. The summed E-state index contributed by atoms with van der Waals surface area (Å²) in [6.07, 6.45) is 7.41. The van der Waals surface area contributed by atoms with Crippen molar-refractivity contribution in [2.75, 3.05) is 23.7 Å². The third-order valence-electron chi connectivity index (χ3n) is 6.89. The van der Waals surface area contributed by atoms with E-state index in [1.807, 2.05) is 56.3 Å². The number of aryl methyl sites for hydroxylation is 1. The van der Waals surface area contributed by atoms with Crippen molar-refractivity contribution in [1.82, 2.24) is 10.2 Å². The highest BCUT2D eigenvalue weighted by atomic mass is 32.2. The van der Waals surface area contributed by atoms with Crippen LogP contribution < -0.4 is 9.62 Å². The second-order valence-corrected chi connectivity index (χ2v) is 11.6. The van der Waals surface area contributed by atoms with Gasteiger partial charge < -0.3 is 10.2 Å². The standard InChI is InChI=1S/C28H39N3O4S/c1-4-25(28(33)29-24-16-9-6-10-17-24)30(20-19-23-14-7-5-8-15-23)27(32)21-31(36(3,34)35)26-18-12-11-13-22(26)2/h5,7-8,11-15,18,24-25H,4,6,9-10,16-17,19-21H2,1-3H3,(H,29,33)/t25-/m1/s1. The summed E-state index contributed by atoms with van der Waals surface area (Å²) in [5, 5.41) is 3.16. The van der Waals surface area contributed by atoms with Crippen molar-refractivity contribution in [2.24, 2.45) is 0 Å². The van der Waals surface area contributed by atoms with Crippen molar-refractivity contribution >= 4 is 27.5 Å². The molecule has 2 aromatic carbocycles. The van der Waals surface area contributed by atoms with E-state index in [4.69, 9.17) is 0 Å². The predicted octanol–water partition coefficient (Wildman–Crippen LogP) is 4.06. The predicted molar refractivity (Wildman–Crippen MR) is 144 cm³/mol. The number of benzene rings is 2. The third kappa shape index (κ3) is 7.56. The van der Waals surface area contributed by atoms with E-state index in [0.29, 0.717) is 25.1 Å². The number of amides is 2. The maximum Gasteiger partial charge on any atom is 0.244 e. The Morgan fingerprint density at radius 1 is 1.00 bits per heavy atom. The quantitative estimate of drug-likeness (QED) is 0.491. The number of carbonyl (C=O) groups excluding carboxylic acids is 2. The van der Waals surface area contributed by atoms with Crippen molar-refractivity contribution in [3.05, 3.63) is 65.7 Å². The Morgan fingerprint density at radius 3 is 2.25 bits per heavy atom. The molecule has 0 spiro atoms. The maximum absolute atomic E-state index is 13.7. The van der Waals surface area contributed by atoms with Gasteiger partial charge in [0.2, 0.25) is 21.8 Å². The van der Waals surface area contributed by atoms with Gasteiger partial charge in [0.15, 0.2) is 0 Å². The Kier molecular flexibility index (Phi) is 9.93. The zero-order valence-corrected chi connectivity index (χ0v) is 22.5. The van der Waals surface area contributed by atoms with Crippen molar-refractivity contribution in [3.8, 4) is 0 Å². The van der Waals surface area contributed by atoms with Gasteiger partial charge in [-0.2, -0.15) is 0 Å². The number of nitrogens with one attached hydrogen (secondary N) is 1. The summed E-state index contributed by atoms with van der Waals surface area (Å²) in [6.45, 7) is 3.68. The second-order valence-electron chi connectivity index (χ2n) is 9.65. The Labute approximate surface area is 215 Å². The van der Waals surface area contributed by atoms with Gasteiger partial charge in [-0.1, -0.05) is 74.7 Å². The van der Waals surface area contributed by atoms with Crippen molar-refractivity contribution < 1.29 is 18.0 Å². The molecule has 0 bridgehead atoms. The minimum absolute atomic E-state index is 0.130. The van der Waals surface area contributed by atoms with Gasteiger partial charge in [-0.25, -0.2) is 8.42 Å². The van der Waals surface area contributed by atoms with E-state index in [0.717, 1.165) is 47.4 Å². The number of sulfonamides is 1. The van der Waals surface area contributed by atoms with Crippen LogP contribution in [0.5, 0.6) is 0 Å². The Hall–Kier alpha value is -2.87. The molecule has 196 valence electrons. The first-order valence-electron chi connectivity index (χ1n) is 12.9. The Morgan fingerprint density at radius 2 is 1.64 bits per heavy atom. The summed E-state index contributed by atoms with van der Waals surface area (Å²) >= 11 is 0. The summed E-state index contributed by atoms with van der Waals surface area (Å²) in [5.74, 6) is -0.544. The largest absolute Gasteiger partial charge is 0.352 e. The lowest BCUT2D eigenvalue weighted by Crippen LogP contribution is -2.54. The summed E-state index contributed by atoms with van der Waals surface area (Å²) in [4.78, 5) is 28.7. The van der Waals surface area contributed by atoms with Gasteiger partial charge in [0.05, 0.1) is 11.9 Å². The molecule has 0 aliphatic heterocycles. The lowest BCUT2D eigenvalue weighted by atomic mass is 9.95. The molecule has 1 atom stereocenters. The average molecular weight is 514 g/mol. The number of rotatable bonds is 11. The highest BCUT2D eigenvalue weighted by molar-refractivity contribution is 7.92. The van der Waals surface area contributed by atoms with Crippen LogP contribution in [0.1, 0.15) is 56.6 Å². The van der Waals surface area contributed by atoms with Crippen LogP contribution in [-0.2, 0) is 26.0 Å². The van der Waals surface area contributed by atoms with Gasteiger partial charge in [-0.3, -0.25) is 13.9 Å². The van der Waals surface area contributed by atoms with E-state index in [1.54, 1.807) is 17.0 Å². The lowest BCUT2D eigenvalue weighted by molar-refractivity contribution is -0.140. The van der Waals surface area contributed by atoms with Gasteiger partial charge >= 0.3 is 0 Å². The van der Waals surface area contributed by atoms with Gasteiger partial charge in [0, 0.05) is 12.6 Å². The Balaban J connectivity index is 1.86. The molecule has 36 heavy (non-hydrogen) atoms. The van der Waals surface area contributed by atoms with Crippen molar-refractivity contribution in [1.29, 1.82) is 0 Å². The van der Waals surface area contributed by atoms with E-state index < -0.39 is 16.1 Å². The molecule has 0 heterocycles. The molecule has 1 fully saturated rings. The molecule has 0 aromatic heterocycles. The average Bonchev–Trinajstić information content (AvgIpc) is 2.86. The zero-order valence-electron chi connectivity index (χ0n) is 21.7. The molecule has 1 aliphatic carbocycles. The number of nitrogens with zero attached hydrogens (tertiary/aromatic N) is 2. The van der Waals surface area contributed by atoms with E-state index in [2.05, 4.69) is 5.32 Å². The molecule has 0 unspecified atom stereocenters. The number of anilines is 1. The van der Waals surface area contributed by atoms with Gasteiger partial charge in [0.1, 0.15) is 12.6 Å². The summed E-state index contributed by atoms with van der Waals surface area (Å²) in [5.41, 5.74) is 2.28. The van der Waals surface area contributed by atoms with E-state index in [1.165, 1.54) is 6.42 Å². The summed E-state index contributed by atoms with van der Waals surface area (Å²) in [7, 11) is -3.73. The summed E-state index contributed by atoms with van der Waals surface area (Å²) in [6, 6.07) is 16.4. The molecule has 1 N–H and O–H groups in total. The van der Waals surface area contributed by atoms with Crippen LogP contribution in [0.4, 0.5) is 5.69 Å². The normalized spacial score (nSPS) is 15.2. The molecule has 7 nitrogen and oxygen atoms in total. The topological polar surface area (TPSA) is 86.8 Å². The van der Waals surface area contributed by atoms with Gasteiger partial charge in [0.25, 0.3) is 0 Å². The first kappa shape index (κ1) is 27.7. The molecule has 1 aliphatic rings. The fourth-order valence-electron chi connectivity index (χ4n) is 4.88. The van der Waals surface area contributed by atoms with E-state index in [-0.39, 0.29) is 24.4 Å². The van der Waals surface area contributed by atoms with Crippen LogP contribution in [0, 0.1) is 6.92 Å². The second kappa shape index (κ2) is 12.9. The molecule has 2 amide bonds. The van der Waals surface area contributed by atoms with Crippen LogP contribution in [0.15, 0.2) is 54.6 Å². The van der Waals surface area contributed by atoms with Crippen LogP contribution >= 0.6 is 0 Å². The molecule has 0 radical (unpaired) electrons. The molecule has 0 saturated heterocycles. The van der Waals surface area contributed by atoms with Crippen LogP contribution in [0.3, 0.4) is 0 Å². The van der Waals surface area contributed by atoms with Crippen LogP contribution in [0.25, 0.3) is 0 Å². The maximum atomic E-state index is 13.7. The molecule has 1 saturated carbocycles. The fourth-order valence-corrected chi connectivity index (χ4v) is 5.79. The molecule has 3 rings (SSSR count). The van der Waals surface area contributed by atoms with Crippen LogP contribution in [0.2, 0.25) is 0 Å². The monoisotopic (exact) mass is 513 g/mol. The Bertz CT molecular complexity index is 1110. The number of carbonyl (C=O) groups is 2. The third-order valence-corrected chi connectivity index (χ3v) is 8.01. The minimum atomic E-state index is -3.73.